The number of nitrogens with one attached hydrogen (secondary N) is 1. The Hall–Kier alpha value is -2.96. The first-order chi connectivity index (χ1) is 12.8. The van der Waals surface area contributed by atoms with E-state index in [0.29, 0.717) is 5.75 Å². The molecule has 0 bridgehead atoms. The number of aryl methyl sites for hydroxylation is 2. The number of hydrogen-bond donors (Lipinski definition) is 1. The van der Waals surface area contributed by atoms with Gasteiger partial charge in [0.15, 0.2) is 13.2 Å². The average Bonchev–Trinajstić information content (AvgIpc) is 2.59. The van der Waals surface area contributed by atoms with Gasteiger partial charge in [-0.25, -0.2) is 13.6 Å². The zero-order valence-corrected chi connectivity index (χ0v) is 15.3. The first-order valence-electron chi connectivity index (χ1n) is 8.36. The second-order valence-corrected chi connectivity index (χ2v) is 6.17. The van der Waals surface area contributed by atoms with Crippen LogP contribution in [0.25, 0.3) is 0 Å². The van der Waals surface area contributed by atoms with Crippen molar-refractivity contribution in [2.24, 2.45) is 0 Å². The molecule has 0 aliphatic rings. The maximum absolute atomic E-state index is 13.7. The molecular formula is C20H21F2NO4. The molecular weight excluding hydrogens is 356 g/mol. The predicted molar refractivity (Wildman–Crippen MR) is 95.3 cm³/mol. The molecule has 0 saturated carbocycles. The molecule has 0 saturated heterocycles. The first kappa shape index (κ1) is 20.4. The van der Waals surface area contributed by atoms with Crippen LogP contribution in [0, 0.1) is 25.5 Å². The summed E-state index contributed by atoms with van der Waals surface area (Å²) in [5, 5.41) is 2.48. The van der Waals surface area contributed by atoms with Crippen molar-refractivity contribution < 1.29 is 27.8 Å². The topological polar surface area (TPSA) is 64.6 Å². The maximum atomic E-state index is 13.7. The predicted octanol–water partition coefficient (Wildman–Crippen LogP) is 3.38. The van der Waals surface area contributed by atoms with Crippen LogP contribution in [0.2, 0.25) is 0 Å². The molecule has 0 aliphatic heterocycles. The minimum absolute atomic E-state index is 0.134. The van der Waals surface area contributed by atoms with E-state index in [1.54, 1.807) is 13.0 Å². The summed E-state index contributed by atoms with van der Waals surface area (Å²) in [6, 6.07) is 7.92. The molecule has 5 nitrogen and oxygen atoms in total. The number of amides is 1. The summed E-state index contributed by atoms with van der Waals surface area (Å²) in [4.78, 5) is 23.6. The molecule has 2 rings (SSSR count). The molecule has 27 heavy (non-hydrogen) atoms. The zero-order valence-electron chi connectivity index (χ0n) is 15.3. The first-order valence-corrected chi connectivity index (χ1v) is 8.36. The van der Waals surface area contributed by atoms with Gasteiger partial charge in [0.1, 0.15) is 17.4 Å². The van der Waals surface area contributed by atoms with Crippen molar-refractivity contribution in [1.29, 1.82) is 0 Å². The van der Waals surface area contributed by atoms with E-state index in [-0.39, 0.29) is 12.2 Å². The van der Waals surface area contributed by atoms with Crippen LogP contribution in [0.1, 0.15) is 29.7 Å². The maximum Gasteiger partial charge on any atom is 0.344 e. The number of esters is 1. The van der Waals surface area contributed by atoms with Gasteiger partial charge in [0.2, 0.25) is 0 Å². The van der Waals surface area contributed by atoms with Gasteiger partial charge in [0.25, 0.3) is 5.91 Å². The molecule has 0 fully saturated rings. The molecule has 7 heteroatoms. The van der Waals surface area contributed by atoms with Crippen LogP contribution in [-0.2, 0) is 14.3 Å². The lowest BCUT2D eigenvalue weighted by Gasteiger charge is -2.15. The van der Waals surface area contributed by atoms with Gasteiger partial charge in [-0.1, -0.05) is 23.8 Å². The second-order valence-electron chi connectivity index (χ2n) is 6.17. The SMILES string of the molecule is Cc1ccc(OCC(=O)OCC(=O)N[C@@H](C)c2ccc(F)cc2F)c(C)c1. The standard InChI is InChI=1S/C20H21F2NO4/c1-12-4-7-18(13(2)8-12)26-11-20(25)27-10-19(24)23-14(3)16-6-5-15(21)9-17(16)22/h4-9,14H,10-11H2,1-3H3,(H,23,24)/t14-/m0/s1. The minimum atomic E-state index is -0.762. The van der Waals surface area contributed by atoms with Gasteiger partial charge in [0, 0.05) is 11.6 Å². The van der Waals surface area contributed by atoms with Crippen LogP contribution in [-0.4, -0.2) is 25.1 Å². The fourth-order valence-electron chi connectivity index (χ4n) is 2.50. The summed E-state index contributed by atoms with van der Waals surface area (Å²) >= 11 is 0. The third kappa shape index (κ3) is 6.06. The lowest BCUT2D eigenvalue weighted by molar-refractivity contribution is -0.150. The molecule has 1 N–H and O–H groups in total. The second kappa shape index (κ2) is 9.12. The number of hydrogen-bond acceptors (Lipinski definition) is 4. The van der Waals surface area contributed by atoms with Crippen molar-refractivity contribution >= 4 is 11.9 Å². The van der Waals surface area contributed by atoms with E-state index < -0.39 is 36.2 Å². The Balaban J connectivity index is 1.78. The summed E-state index contributed by atoms with van der Waals surface area (Å²) in [7, 11) is 0. The Kier molecular flexibility index (Phi) is 6.87. The van der Waals surface area contributed by atoms with Gasteiger partial charge in [-0.05, 0) is 38.5 Å². The Bertz CT molecular complexity index is 839. The number of carbonyl (C=O) groups excluding carboxylic acids is 2. The van der Waals surface area contributed by atoms with E-state index in [1.807, 2.05) is 26.0 Å². The average molecular weight is 377 g/mol. The number of halogens is 2. The summed E-state index contributed by atoms with van der Waals surface area (Å²) in [5.74, 6) is -2.21. The molecule has 2 aromatic rings. The van der Waals surface area contributed by atoms with Gasteiger partial charge in [0.05, 0.1) is 6.04 Å². The zero-order chi connectivity index (χ0) is 20.0. The highest BCUT2D eigenvalue weighted by molar-refractivity contribution is 5.81. The fourth-order valence-corrected chi connectivity index (χ4v) is 2.50. The van der Waals surface area contributed by atoms with Gasteiger partial charge >= 0.3 is 5.97 Å². The molecule has 0 radical (unpaired) electrons. The van der Waals surface area contributed by atoms with E-state index >= 15 is 0 Å². The van der Waals surface area contributed by atoms with Gasteiger partial charge < -0.3 is 14.8 Å². The van der Waals surface area contributed by atoms with Crippen LogP contribution < -0.4 is 10.1 Å². The smallest absolute Gasteiger partial charge is 0.344 e. The van der Waals surface area contributed by atoms with Crippen LogP contribution in [0.15, 0.2) is 36.4 Å². The molecule has 0 aliphatic carbocycles. The van der Waals surface area contributed by atoms with Crippen LogP contribution >= 0.6 is 0 Å². The molecule has 0 heterocycles. The van der Waals surface area contributed by atoms with Crippen LogP contribution in [0.4, 0.5) is 8.78 Å². The third-order valence-electron chi connectivity index (χ3n) is 3.85. The summed E-state index contributed by atoms with van der Waals surface area (Å²) < 4.78 is 36.8. The lowest BCUT2D eigenvalue weighted by atomic mass is 10.1. The van der Waals surface area contributed by atoms with Gasteiger partial charge in [-0.15, -0.1) is 0 Å². The molecule has 0 unspecified atom stereocenters. The molecule has 144 valence electrons. The van der Waals surface area contributed by atoms with Gasteiger partial charge in [-0.3, -0.25) is 4.79 Å². The van der Waals surface area contributed by atoms with Crippen molar-refractivity contribution in [2.75, 3.05) is 13.2 Å². The minimum Gasteiger partial charge on any atom is -0.482 e. The summed E-state index contributed by atoms with van der Waals surface area (Å²) in [6.45, 7) is 4.49. The third-order valence-corrected chi connectivity index (χ3v) is 3.85. The normalized spacial score (nSPS) is 11.6. The largest absolute Gasteiger partial charge is 0.482 e. The van der Waals surface area contributed by atoms with Crippen molar-refractivity contribution in [3.8, 4) is 5.75 Å². The highest BCUT2D eigenvalue weighted by Crippen LogP contribution is 2.19. The quantitative estimate of drug-likeness (QED) is 0.752. The Morgan fingerprint density at radius 2 is 1.81 bits per heavy atom. The summed E-state index contributed by atoms with van der Waals surface area (Å²) in [5.41, 5.74) is 2.09. The monoisotopic (exact) mass is 377 g/mol. The van der Waals surface area contributed by atoms with Crippen molar-refractivity contribution in [3.63, 3.8) is 0 Å². The molecule has 1 amide bonds. The van der Waals surface area contributed by atoms with E-state index in [4.69, 9.17) is 9.47 Å². The van der Waals surface area contributed by atoms with E-state index in [9.17, 15) is 18.4 Å². The number of rotatable bonds is 7. The van der Waals surface area contributed by atoms with E-state index in [2.05, 4.69) is 5.32 Å². The summed E-state index contributed by atoms with van der Waals surface area (Å²) in [6.07, 6.45) is 0. The lowest BCUT2D eigenvalue weighted by Crippen LogP contribution is -2.32. The molecule has 1 atom stereocenters. The Labute approximate surface area is 156 Å². The van der Waals surface area contributed by atoms with Crippen LogP contribution in [0.3, 0.4) is 0 Å². The highest BCUT2D eigenvalue weighted by atomic mass is 19.1. The molecule has 2 aromatic carbocycles. The number of ether oxygens (including phenoxy) is 2. The Morgan fingerprint density at radius 1 is 1.07 bits per heavy atom. The molecule has 0 aromatic heterocycles. The molecule has 0 spiro atoms. The van der Waals surface area contributed by atoms with Crippen LogP contribution in [0.5, 0.6) is 5.75 Å². The number of carbonyl (C=O) groups is 2. The van der Waals surface area contributed by atoms with E-state index in [0.717, 1.165) is 23.3 Å². The Morgan fingerprint density at radius 3 is 2.48 bits per heavy atom. The van der Waals surface area contributed by atoms with Crippen molar-refractivity contribution in [1.82, 2.24) is 5.32 Å². The van der Waals surface area contributed by atoms with E-state index in [1.165, 1.54) is 6.07 Å². The fraction of sp³-hybridized carbons (Fsp3) is 0.300. The van der Waals surface area contributed by atoms with Crippen molar-refractivity contribution in [2.45, 2.75) is 26.8 Å². The number of benzene rings is 2. The van der Waals surface area contributed by atoms with Gasteiger partial charge in [-0.2, -0.15) is 0 Å². The highest BCUT2D eigenvalue weighted by Gasteiger charge is 2.16. The van der Waals surface area contributed by atoms with Crippen molar-refractivity contribution in [3.05, 3.63) is 64.7 Å².